The van der Waals surface area contributed by atoms with E-state index in [2.05, 4.69) is 58.2 Å². The van der Waals surface area contributed by atoms with E-state index >= 15 is 0 Å². The van der Waals surface area contributed by atoms with Crippen LogP contribution in [0.15, 0.2) is 22.7 Å². The highest BCUT2D eigenvalue weighted by Crippen LogP contribution is 2.27. The molecule has 0 aromatic heterocycles. The third-order valence-electron chi connectivity index (χ3n) is 2.90. The standard InChI is InChI=1S/C14H23BrN2O/c1-11(2)17(7-4-8-18)14-9-13(15)6-5-12(14)10-16-3/h5-6,9,11,16,18H,4,7-8,10H2,1-3H3. The quantitative estimate of drug-likeness (QED) is 0.812. The Morgan fingerprint density at radius 1 is 1.39 bits per heavy atom. The van der Waals surface area contributed by atoms with Gasteiger partial charge in [0.2, 0.25) is 0 Å². The molecule has 18 heavy (non-hydrogen) atoms. The number of halogens is 1. The van der Waals surface area contributed by atoms with E-state index in [1.807, 2.05) is 7.05 Å². The lowest BCUT2D eigenvalue weighted by molar-refractivity contribution is 0.288. The molecule has 0 atom stereocenters. The maximum Gasteiger partial charge on any atom is 0.0447 e. The second kappa shape index (κ2) is 7.77. The summed E-state index contributed by atoms with van der Waals surface area (Å²) < 4.78 is 1.09. The second-order valence-electron chi connectivity index (χ2n) is 4.67. The molecule has 0 heterocycles. The number of aliphatic hydroxyl groups excluding tert-OH is 1. The van der Waals surface area contributed by atoms with E-state index in [4.69, 9.17) is 5.11 Å². The monoisotopic (exact) mass is 314 g/mol. The molecule has 0 spiro atoms. The van der Waals surface area contributed by atoms with Crippen LogP contribution in [0.4, 0.5) is 5.69 Å². The summed E-state index contributed by atoms with van der Waals surface area (Å²) in [6, 6.07) is 6.79. The first-order valence-electron chi connectivity index (χ1n) is 6.40. The van der Waals surface area contributed by atoms with Gasteiger partial charge in [0.1, 0.15) is 0 Å². The topological polar surface area (TPSA) is 35.5 Å². The Hall–Kier alpha value is -0.580. The molecule has 2 N–H and O–H groups in total. The van der Waals surface area contributed by atoms with E-state index < -0.39 is 0 Å². The number of hydrogen-bond acceptors (Lipinski definition) is 3. The Morgan fingerprint density at radius 3 is 2.67 bits per heavy atom. The van der Waals surface area contributed by atoms with Crippen molar-refractivity contribution in [3.63, 3.8) is 0 Å². The van der Waals surface area contributed by atoms with Crippen LogP contribution < -0.4 is 10.2 Å². The summed E-state index contributed by atoms with van der Waals surface area (Å²) in [6.45, 7) is 6.33. The minimum absolute atomic E-state index is 0.235. The van der Waals surface area contributed by atoms with Gasteiger partial charge in [-0.1, -0.05) is 22.0 Å². The maximum absolute atomic E-state index is 9.02. The van der Waals surface area contributed by atoms with E-state index in [1.165, 1.54) is 11.3 Å². The molecule has 0 aliphatic rings. The molecular formula is C14H23BrN2O. The molecule has 4 heteroatoms. The molecule has 0 aliphatic heterocycles. The second-order valence-corrected chi connectivity index (χ2v) is 5.58. The molecule has 0 bridgehead atoms. The van der Waals surface area contributed by atoms with Crippen LogP contribution in [0.2, 0.25) is 0 Å². The first-order chi connectivity index (χ1) is 8.60. The van der Waals surface area contributed by atoms with Crippen molar-refractivity contribution in [1.29, 1.82) is 0 Å². The summed E-state index contributed by atoms with van der Waals surface area (Å²) in [4.78, 5) is 2.34. The summed E-state index contributed by atoms with van der Waals surface area (Å²) in [6.07, 6.45) is 0.795. The lowest BCUT2D eigenvalue weighted by Crippen LogP contribution is -2.33. The Bertz CT molecular complexity index is 369. The molecule has 0 unspecified atom stereocenters. The summed E-state index contributed by atoms with van der Waals surface area (Å²) in [5, 5.41) is 12.2. The molecular weight excluding hydrogens is 292 g/mol. The third-order valence-corrected chi connectivity index (χ3v) is 3.40. The number of nitrogens with zero attached hydrogens (tertiary/aromatic N) is 1. The molecule has 1 aromatic rings. The summed E-state index contributed by atoms with van der Waals surface area (Å²) in [5.74, 6) is 0. The Labute approximate surface area is 118 Å². The van der Waals surface area contributed by atoms with Crippen molar-refractivity contribution in [1.82, 2.24) is 5.32 Å². The van der Waals surface area contributed by atoms with Gasteiger partial charge in [-0.2, -0.15) is 0 Å². The van der Waals surface area contributed by atoms with Crippen LogP contribution in [0.3, 0.4) is 0 Å². The van der Waals surface area contributed by atoms with Crippen LogP contribution in [-0.2, 0) is 6.54 Å². The predicted octanol–water partition coefficient (Wildman–Crippen LogP) is 2.77. The first kappa shape index (κ1) is 15.5. The smallest absolute Gasteiger partial charge is 0.0447 e. The number of nitrogens with one attached hydrogen (secondary N) is 1. The fourth-order valence-electron chi connectivity index (χ4n) is 2.04. The van der Waals surface area contributed by atoms with Gasteiger partial charge in [0.25, 0.3) is 0 Å². The molecule has 0 saturated carbocycles. The van der Waals surface area contributed by atoms with Crippen molar-refractivity contribution in [2.24, 2.45) is 0 Å². The first-order valence-corrected chi connectivity index (χ1v) is 7.20. The maximum atomic E-state index is 9.02. The van der Waals surface area contributed by atoms with Crippen molar-refractivity contribution in [3.05, 3.63) is 28.2 Å². The minimum atomic E-state index is 0.235. The van der Waals surface area contributed by atoms with Gasteiger partial charge >= 0.3 is 0 Å². The summed E-state index contributed by atoms with van der Waals surface area (Å²) in [5.41, 5.74) is 2.52. The molecule has 1 aromatic carbocycles. The van der Waals surface area contributed by atoms with Crippen molar-refractivity contribution in [2.45, 2.75) is 32.9 Å². The van der Waals surface area contributed by atoms with Gasteiger partial charge in [0.15, 0.2) is 0 Å². The highest BCUT2D eigenvalue weighted by atomic mass is 79.9. The van der Waals surface area contributed by atoms with Crippen molar-refractivity contribution >= 4 is 21.6 Å². The van der Waals surface area contributed by atoms with E-state index in [9.17, 15) is 0 Å². The SMILES string of the molecule is CNCc1ccc(Br)cc1N(CCCO)C(C)C. The molecule has 102 valence electrons. The zero-order chi connectivity index (χ0) is 13.5. The van der Waals surface area contributed by atoms with Crippen LogP contribution in [0.5, 0.6) is 0 Å². The van der Waals surface area contributed by atoms with Crippen molar-refractivity contribution in [3.8, 4) is 0 Å². The zero-order valence-electron chi connectivity index (χ0n) is 11.4. The fourth-order valence-corrected chi connectivity index (χ4v) is 2.39. The van der Waals surface area contributed by atoms with E-state index in [-0.39, 0.29) is 6.61 Å². The molecule has 0 aliphatic carbocycles. The van der Waals surface area contributed by atoms with E-state index in [0.717, 1.165) is 24.0 Å². The van der Waals surface area contributed by atoms with Crippen LogP contribution in [0.25, 0.3) is 0 Å². The number of hydrogen-bond donors (Lipinski definition) is 2. The lowest BCUT2D eigenvalue weighted by Gasteiger charge is -2.31. The number of rotatable bonds is 7. The van der Waals surface area contributed by atoms with Crippen molar-refractivity contribution < 1.29 is 5.11 Å². The Morgan fingerprint density at radius 2 is 2.11 bits per heavy atom. The predicted molar refractivity (Wildman–Crippen MR) is 81.1 cm³/mol. The normalized spacial score (nSPS) is 11.0. The average Bonchev–Trinajstić information content (AvgIpc) is 2.32. The zero-order valence-corrected chi connectivity index (χ0v) is 13.0. The summed E-state index contributed by atoms with van der Waals surface area (Å²) >= 11 is 3.54. The third kappa shape index (κ3) is 4.26. The number of anilines is 1. The number of benzene rings is 1. The van der Waals surface area contributed by atoms with Gasteiger partial charge < -0.3 is 15.3 Å². The molecule has 0 radical (unpaired) electrons. The van der Waals surface area contributed by atoms with Gasteiger partial charge in [-0.15, -0.1) is 0 Å². The van der Waals surface area contributed by atoms with E-state index in [1.54, 1.807) is 0 Å². The summed E-state index contributed by atoms with van der Waals surface area (Å²) in [7, 11) is 1.96. The molecule has 0 saturated heterocycles. The lowest BCUT2D eigenvalue weighted by atomic mass is 10.1. The average molecular weight is 315 g/mol. The van der Waals surface area contributed by atoms with Crippen LogP contribution in [-0.4, -0.2) is 31.3 Å². The molecule has 3 nitrogen and oxygen atoms in total. The van der Waals surface area contributed by atoms with Gasteiger partial charge in [-0.05, 0) is 45.0 Å². The van der Waals surface area contributed by atoms with Gasteiger partial charge in [-0.3, -0.25) is 0 Å². The van der Waals surface area contributed by atoms with E-state index in [0.29, 0.717) is 6.04 Å². The molecule has 1 rings (SSSR count). The highest BCUT2D eigenvalue weighted by molar-refractivity contribution is 9.10. The van der Waals surface area contributed by atoms with Gasteiger partial charge in [-0.25, -0.2) is 0 Å². The van der Waals surface area contributed by atoms with Crippen molar-refractivity contribution in [2.75, 3.05) is 25.1 Å². The molecule has 0 fully saturated rings. The van der Waals surface area contributed by atoms with Crippen LogP contribution in [0.1, 0.15) is 25.8 Å². The van der Waals surface area contributed by atoms with Gasteiger partial charge in [0, 0.05) is 35.9 Å². The number of aliphatic hydroxyl groups is 1. The largest absolute Gasteiger partial charge is 0.396 e. The minimum Gasteiger partial charge on any atom is -0.396 e. The van der Waals surface area contributed by atoms with Gasteiger partial charge in [0.05, 0.1) is 0 Å². The fraction of sp³-hybridized carbons (Fsp3) is 0.571. The Kier molecular flexibility index (Phi) is 6.68. The Balaban J connectivity index is 3.03. The molecule has 0 amide bonds. The highest BCUT2D eigenvalue weighted by Gasteiger charge is 2.14. The van der Waals surface area contributed by atoms with Crippen LogP contribution in [0, 0.1) is 0 Å². The van der Waals surface area contributed by atoms with Crippen LogP contribution >= 0.6 is 15.9 Å².